The van der Waals surface area contributed by atoms with Crippen molar-refractivity contribution < 1.29 is 24.2 Å². The molecule has 0 radical (unpaired) electrons. The number of aromatic nitrogens is 2. The van der Waals surface area contributed by atoms with Gasteiger partial charge in [-0.15, -0.1) is 11.3 Å². The fourth-order valence-electron chi connectivity index (χ4n) is 2.57. The van der Waals surface area contributed by atoms with Gasteiger partial charge in [0.15, 0.2) is 5.13 Å². The predicted octanol–water partition coefficient (Wildman–Crippen LogP) is 4.50. The molecule has 9 heteroatoms. The molecule has 0 spiro atoms. The molecule has 0 unspecified atom stereocenters. The second-order valence-corrected chi connectivity index (χ2v) is 7.69. The maximum absolute atomic E-state index is 12.7. The van der Waals surface area contributed by atoms with Crippen molar-refractivity contribution in [1.82, 2.24) is 9.97 Å². The zero-order valence-electron chi connectivity index (χ0n) is 18.0. The van der Waals surface area contributed by atoms with Crippen molar-refractivity contribution in [3.05, 3.63) is 52.6 Å². The van der Waals surface area contributed by atoms with Gasteiger partial charge in [0.1, 0.15) is 0 Å². The average Bonchev–Trinajstić information content (AvgIpc) is 3.12. The average molecular weight is 446 g/mol. The summed E-state index contributed by atoms with van der Waals surface area (Å²) in [6, 6.07) is 3.07. The molecule has 0 aromatic carbocycles. The Labute approximate surface area is 185 Å². The molecule has 2 heterocycles. The van der Waals surface area contributed by atoms with E-state index in [1.165, 1.54) is 6.07 Å². The number of amides is 1. The van der Waals surface area contributed by atoms with Crippen LogP contribution in [0, 0.1) is 0 Å². The van der Waals surface area contributed by atoms with Crippen LogP contribution in [0.3, 0.4) is 0 Å². The smallest absolute Gasteiger partial charge is 0.309 e. The summed E-state index contributed by atoms with van der Waals surface area (Å²) in [6.45, 7) is 8.05. The molecule has 166 valence electrons. The fraction of sp³-hybridized carbons (Fsp3) is 0.364. The highest BCUT2D eigenvalue weighted by Crippen LogP contribution is 2.22. The van der Waals surface area contributed by atoms with Crippen LogP contribution in [0.15, 0.2) is 41.3 Å². The Bertz CT molecular complexity index is 966. The van der Waals surface area contributed by atoms with E-state index in [4.69, 9.17) is 14.6 Å². The number of nitrogens with zero attached hydrogens (tertiary/aromatic N) is 2. The molecule has 31 heavy (non-hydrogen) atoms. The Morgan fingerprint density at radius 3 is 2.61 bits per heavy atom. The number of ether oxygens (including phenoxy) is 2. The highest BCUT2D eigenvalue weighted by atomic mass is 32.1. The van der Waals surface area contributed by atoms with Gasteiger partial charge >= 0.3 is 5.97 Å². The minimum Gasteiger partial charge on any atom is -0.481 e. The normalized spacial score (nSPS) is 11.7. The van der Waals surface area contributed by atoms with Crippen LogP contribution in [0.2, 0.25) is 0 Å². The number of hydrogen-bond donors (Lipinski definition) is 2. The molecule has 0 fully saturated rings. The second kappa shape index (κ2) is 11.8. The van der Waals surface area contributed by atoms with E-state index in [-0.39, 0.29) is 24.3 Å². The maximum atomic E-state index is 12.7. The van der Waals surface area contributed by atoms with Crippen molar-refractivity contribution >= 4 is 28.3 Å². The number of hydrogen-bond acceptors (Lipinski definition) is 7. The molecule has 0 bridgehead atoms. The zero-order valence-corrected chi connectivity index (χ0v) is 18.9. The standard InChI is InChI=1S/C22H27N3O5S/c1-5-7-15(6-2)8-9-29-18-10-16(11-19(24-18)30-14(3)4)21(28)25-22-23-17(13-31-22)12-20(26)27/h5-7,10-11,13-14H,8-9,12H2,1-4H3,(H,26,27)(H,23,25,28)/b7-5-,15-6+. The van der Waals surface area contributed by atoms with Crippen LogP contribution in [0.5, 0.6) is 11.8 Å². The first kappa shape index (κ1) is 24.1. The monoisotopic (exact) mass is 445 g/mol. The van der Waals surface area contributed by atoms with Crippen molar-refractivity contribution in [2.75, 3.05) is 11.9 Å². The molecule has 0 atom stereocenters. The first-order chi connectivity index (χ1) is 14.8. The van der Waals surface area contributed by atoms with Gasteiger partial charge in [0.25, 0.3) is 5.91 Å². The highest BCUT2D eigenvalue weighted by Gasteiger charge is 2.15. The Hall–Kier alpha value is -3.20. The summed E-state index contributed by atoms with van der Waals surface area (Å²) < 4.78 is 11.4. The van der Waals surface area contributed by atoms with Crippen molar-refractivity contribution in [3.63, 3.8) is 0 Å². The van der Waals surface area contributed by atoms with Crippen LogP contribution in [-0.4, -0.2) is 39.7 Å². The first-order valence-corrected chi connectivity index (χ1v) is 10.8. The third-order valence-corrected chi connectivity index (χ3v) is 4.70. The van der Waals surface area contributed by atoms with Crippen molar-refractivity contribution in [3.8, 4) is 11.8 Å². The fourth-order valence-corrected chi connectivity index (χ4v) is 3.27. The lowest BCUT2D eigenvalue weighted by Crippen LogP contribution is -2.14. The molecule has 0 aliphatic carbocycles. The van der Waals surface area contributed by atoms with E-state index in [2.05, 4.69) is 15.3 Å². The summed E-state index contributed by atoms with van der Waals surface area (Å²) in [4.78, 5) is 32.0. The molecule has 2 aromatic heterocycles. The van der Waals surface area contributed by atoms with Gasteiger partial charge in [0, 0.05) is 23.9 Å². The molecule has 0 aliphatic rings. The third kappa shape index (κ3) is 8.21. The van der Waals surface area contributed by atoms with E-state index < -0.39 is 11.9 Å². The van der Waals surface area contributed by atoms with Gasteiger partial charge in [-0.1, -0.05) is 18.2 Å². The number of thiazole rings is 1. The number of carbonyl (C=O) groups excluding carboxylic acids is 1. The maximum Gasteiger partial charge on any atom is 0.309 e. The molecule has 0 aliphatic heterocycles. The van der Waals surface area contributed by atoms with Crippen LogP contribution in [0.25, 0.3) is 0 Å². The number of rotatable bonds is 11. The lowest BCUT2D eigenvalue weighted by atomic mass is 10.2. The Kier molecular flexibility index (Phi) is 9.20. The summed E-state index contributed by atoms with van der Waals surface area (Å²) in [5.41, 5.74) is 1.82. The zero-order chi connectivity index (χ0) is 22.8. The number of carboxylic acids is 1. The Morgan fingerprint density at radius 1 is 1.23 bits per heavy atom. The van der Waals surface area contributed by atoms with E-state index in [0.29, 0.717) is 29.4 Å². The van der Waals surface area contributed by atoms with Gasteiger partial charge in [0.2, 0.25) is 11.8 Å². The molecule has 2 aromatic rings. The number of allylic oxidation sites excluding steroid dienone is 3. The first-order valence-electron chi connectivity index (χ1n) is 9.87. The van der Waals surface area contributed by atoms with Gasteiger partial charge in [-0.05, 0) is 33.3 Å². The van der Waals surface area contributed by atoms with Gasteiger partial charge < -0.3 is 14.6 Å². The van der Waals surface area contributed by atoms with Crippen molar-refractivity contribution in [2.24, 2.45) is 0 Å². The lowest BCUT2D eigenvalue weighted by molar-refractivity contribution is -0.136. The number of aliphatic carboxylic acids is 1. The summed E-state index contributed by atoms with van der Waals surface area (Å²) in [7, 11) is 0. The quantitative estimate of drug-likeness (QED) is 0.490. The van der Waals surface area contributed by atoms with Gasteiger partial charge in [-0.2, -0.15) is 4.98 Å². The topological polar surface area (TPSA) is 111 Å². The number of pyridine rings is 1. The van der Waals surface area contributed by atoms with Crippen molar-refractivity contribution in [1.29, 1.82) is 0 Å². The largest absolute Gasteiger partial charge is 0.481 e. The minimum atomic E-state index is -0.981. The molecular formula is C22H27N3O5S. The molecular weight excluding hydrogens is 418 g/mol. The van der Waals surface area contributed by atoms with E-state index in [0.717, 1.165) is 16.9 Å². The van der Waals surface area contributed by atoms with Crippen LogP contribution in [0.1, 0.15) is 50.2 Å². The van der Waals surface area contributed by atoms with E-state index in [1.807, 2.05) is 45.9 Å². The molecule has 0 saturated heterocycles. The molecule has 2 rings (SSSR count). The number of nitrogens with one attached hydrogen (secondary N) is 1. The van der Waals surface area contributed by atoms with Crippen molar-refractivity contribution in [2.45, 2.75) is 46.6 Å². The molecule has 2 N–H and O–H groups in total. The van der Waals surface area contributed by atoms with Crippen LogP contribution in [-0.2, 0) is 11.2 Å². The van der Waals surface area contributed by atoms with Gasteiger partial charge in [0.05, 0.1) is 30.4 Å². The summed E-state index contributed by atoms with van der Waals surface area (Å²) in [6.07, 6.45) is 6.37. The number of anilines is 1. The van der Waals surface area contributed by atoms with E-state index in [9.17, 15) is 9.59 Å². The lowest BCUT2D eigenvalue weighted by Gasteiger charge is -2.13. The molecule has 0 saturated carbocycles. The van der Waals surface area contributed by atoms with Crippen LogP contribution < -0.4 is 14.8 Å². The highest BCUT2D eigenvalue weighted by molar-refractivity contribution is 7.14. The van der Waals surface area contributed by atoms with Gasteiger partial charge in [-0.25, -0.2) is 4.98 Å². The van der Waals surface area contributed by atoms with Crippen LogP contribution >= 0.6 is 11.3 Å². The SMILES string of the molecule is C/C=C\C(=C/C)CCOc1cc(C(=O)Nc2nc(CC(=O)O)cs2)cc(OC(C)C)n1. The van der Waals surface area contributed by atoms with Crippen LogP contribution in [0.4, 0.5) is 5.13 Å². The minimum absolute atomic E-state index is 0.125. The summed E-state index contributed by atoms with van der Waals surface area (Å²) in [5.74, 6) is -0.835. The second-order valence-electron chi connectivity index (χ2n) is 6.83. The van der Waals surface area contributed by atoms with E-state index >= 15 is 0 Å². The Balaban J connectivity index is 2.14. The molecule has 8 nitrogen and oxygen atoms in total. The summed E-state index contributed by atoms with van der Waals surface area (Å²) >= 11 is 1.16. The third-order valence-electron chi connectivity index (χ3n) is 3.89. The number of carbonyl (C=O) groups is 2. The number of carboxylic acid groups (broad SMARTS) is 1. The van der Waals surface area contributed by atoms with E-state index in [1.54, 1.807) is 11.4 Å². The summed E-state index contributed by atoms with van der Waals surface area (Å²) in [5, 5.41) is 13.4. The predicted molar refractivity (Wildman–Crippen MR) is 120 cm³/mol. The Morgan fingerprint density at radius 2 is 1.97 bits per heavy atom. The molecule has 1 amide bonds. The van der Waals surface area contributed by atoms with Gasteiger partial charge in [-0.3, -0.25) is 14.9 Å².